The molecule has 0 unspecified atom stereocenters. The number of hydrogen-bond acceptors (Lipinski definition) is 2. The van der Waals surface area contributed by atoms with Crippen molar-refractivity contribution in [3.63, 3.8) is 0 Å². The van der Waals surface area contributed by atoms with Crippen LogP contribution in [-0.4, -0.2) is 14.5 Å². The van der Waals surface area contributed by atoms with Gasteiger partial charge in [0.15, 0.2) is 5.82 Å². The lowest BCUT2D eigenvalue weighted by Gasteiger charge is -2.22. The predicted octanol–water partition coefficient (Wildman–Crippen LogP) is 16.6. The summed E-state index contributed by atoms with van der Waals surface area (Å²) < 4.78 is 45.0. The van der Waals surface area contributed by atoms with E-state index in [-0.39, 0.29) is 0 Å². The number of aryl methyl sites for hydroxylation is 1. The van der Waals surface area contributed by atoms with Crippen LogP contribution in [0.3, 0.4) is 0 Å². The maximum atomic E-state index is 14.2. The average molecular weight is 860 g/mol. The molecule has 0 amide bonds. The Kier molecular flexibility index (Phi) is 10.2. The zero-order chi connectivity index (χ0) is 44.8. The molecule has 0 saturated heterocycles. The molecule has 0 aliphatic rings. The standard InChI is InChI=1S/C60H40F3N3/c1-39-22-24-42(25-23-39)50-36-48(55-38-54(44-18-10-4-11-19-44)64-59(65-55)45-20-12-5-13-21-45)37-51(43-26-30-49(31-27-43)60(61,62)63)58(50)66-56-32-28-46(40-14-6-2-7-15-40)34-52(56)53-35-47(29-33-57(53)66)41-16-8-3-9-17-41/h2-38H,1H3. The van der Waals surface area contributed by atoms with Crippen LogP contribution in [0.15, 0.2) is 224 Å². The van der Waals surface area contributed by atoms with Crippen LogP contribution in [0.25, 0.3) is 106 Å². The first-order valence-electron chi connectivity index (χ1n) is 21.9. The van der Waals surface area contributed by atoms with Crippen LogP contribution in [0.1, 0.15) is 11.1 Å². The van der Waals surface area contributed by atoms with E-state index in [2.05, 4.69) is 109 Å². The highest BCUT2D eigenvalue weighted by molar-refractivity contribution is 6.13. The molecule has 66 heavy (non-hydrogen) atoms. The Balaban J connectivity index is 1.25. The molecule has 0 radical (unpaired) electrons. The van der Waals surface area contributed by atoms with Crippen molar-refractivity contribution >= 4 is 21.8 Å². The molecule has 0 bridgehead atoms. The average Bonchev–Trinajstić information content (AvgIpc) is 3.69. The van der Waals surface area contributed by atoms with Gasteiger partial charge in [-0.3, -0.25) is 0 Å². The number of benzene rings is 9. The van der Waals surface area contributed by atoms with Gasteiger partial charge in [-0.05, 0) is 94.9 Å². The largest absolute Gasteiger partial charge is 0.416 e. The molecule has 0 fully saturated rings. The molecule has 0 atom stereocenters. The number of aromatic nitrogens is 3. The van der Waals surface area contributed by atoms with Crippen molar-refractivity contribution < 1.29 is 13.2 Å². The van der Waals surface area contributed by atoms with Crippen LogP contribution in [0.5, 0.6) is 0 Å². The van der Waals surface area contributed by atoms with Gasteiger partial charge < -0.3 is 4.57 Å². The van der Waals surface area contributed by atoms with Gasteiger partial charge in [0, 0.05) is 38.6 Å². The third kappa shape index (κ3) is 7.62. The van der Waals surface area contributed by atoms with Crippen LogP contribution in [0, 0.1) is 6.92 Å². The zero-order valence-electron chi connectivity index (χ0n) is 35.8. The lowest BCUT2D eigenvalue weighted by atomic mass is 9.91. The minimum Gasteiger partial charge on any atom is -0.308 e. The van der Waals surface area contributed by atoms with E-state index in [0.717, 1.165) is 94.4 Å². The summed E-state index contributed by atoms with van der Waals surface area (Å²) in [7, 11) is 0. The van der Waals surface area contributed by atoms with Crippen molar-refractivity contribution in [2.75, 3.05) is 0 Å². The summed E-state index contributed by atoms with van der Waals surface area (Å²) in [4.78, 5) is 10.3. The van der Waals surface area contributed by atoms with Crippen LogP contribution < -0.4 is 0 Å². The minimum atomic E-state index is -4.50. The van der Waals surface area contributed by atoms with Crippen molar-refractivity contribution in [1.29, 1.82) is 0 Å². The van der Waals surface area contributed by atoms with Gasteiger partial charge in [0.05, 0.1) is 33.7 Å². The molecule has 9 aromatic carbocycles. The molecule has 0 saturated carbocycles. The Bertz CT molecular complexity index is 3370. The quantitative estimate of drug-likeness (QED) is 0.152. The lowest BCUT2D eigenvalue weighted by Crippen LogP contribution is -2.05. The van der Waals surface area contributed by atoms with Gasteiger partial charge in [-0.1, -0.05) is 175 Å². The van der Waals surface area contributed by atoms with Crippen LogP contribution in [-0.2, 0) is 6.18 Å². The molecule has 0 N–H and O–H groups in total. The topological polar surface area (TPSA) is 30.7 Å². The maximum Gasteiger partial charge on any atom is 0.416 e. The fraction of sp³-hybridized carbons (Fsp3) is 0.0333. The van der Waals surface area contributed by atoms with Gasteiger partial charge in [-0.15, -0.1) is 0 Å². The molecular weight excluding hydrogens is 820 g/mol. The Morgan fingerprint density at radius 3 is 1.24 bits per heavy atom. The molecule has 3 nitrogen and oxygen atoms in total. The molecule has 0 spiro atoms. The van der Waals surface area contributed by atoms with Crippen molar-refractivity contribution in [2.45, 2.75) is 13.1 Å². The zero-order valence-corrected chi connectivity index (χ0v) is 35.8. The third-order valence-electron chi connectivity index (χ3n) is 12.3. The first-order valence-corrected chi connectivity index (χ1v) is 21.9. The molecule has 11 aromatic rings. The van der Waals surface area contributed by atoms with Crippen molar-refractivity contribution in [3.05, 3.63) is 236 Å². The highest BCUT2D eigenvalue weighted by Crippen LogP contribution is 2.46. The summed E-state index contributed by atoms with van der Waals surface area (Å²) in [5, 5.41) is 2.11. The molecule has 2 aromatic heterocycles. The molecule has 2 heterocycles. The Labute approximate surface area is 380 Å². The summed E-state index contributed by atoms with van der Waals surface area (Å²) in [5.74, 6) is 0.565. The summed E-state index contributed by atoms with van der Waals surface area (Å²) >= 11 is 0. The lowest BCUT2D eigenvalue weighted by molar-refractivity contribution is -0.137. The number of alkyl halides is 3. The second kappa shape index (κ2) is 16.6. The third-order valence-corrected chi connectivity index (χ3v) is 12.3. The maximum absolute atomic E-state index is 14.2. The van der Waals surface area contributed by atoms with E-state index in [1.165, 1.54) is 12.1 Å². The number of hydrogen-bond donors (Lipinski definition) is 0. The van der Waals surface area contributed by atoms with E-state index >= 15 is 0 Å². The van der Waals surface area contributed by atoms with E-state index in [0.29, 0.717) is 17.1 Å². The summed E-state index contributed by atoms with van der Waals surface area (Å²) in [6.45, 7) is 2.06. The van der Waals surface area contributed by atoms with Crippen LogP contribution in [0.4, 0.5) is 13.2 Å². The fourth-order valence-corrected chi connectivity index (χ4v) is 8.99. The van der Waals surface area contributed by atoms with Crippen LogP contribution in [0.2, 0.25) is 0 Å². The molecule has 0 aliphatic heterocycles. The van der Waals surface area contributed by atoms with Crippen molar-refractivity contribution in [3.8, 4) is 84.1 Å². The number of halogens is 3. The summed E-state index contributed by atoms with van der Waals surface area (Å²) in [5.41, 5.74) is 14.8. The molecule has 6 heteroatoms. The number of nitrogens with zero attached hydrogens (tertiary/aromatic N) is 3. The van der Waals surface area contributed by atoms with Crippen molar-refractivity contribution in [2.24, 2.45) is 0 Å². The minimum absolute atomic E-state index is 0.565. The van der Waals surface area contributed by atoms with Crippen LogP contribution >= 0.6 is 0 Å². The van der Waals surface area contributed by atoms with Gasteiger partial charge in [-0.25, -0.2) is 9.97 Å². The van der Waals surface area contributed by atoms with E-state index in [1.54, 1.807) is 12.1 Å². The second-order valence-corrected chi connectivity index (χ2v) is 16.6. The first-order chi connectivity index (χ1) is 32.2. The normalized spacial score (nSPS) is 11.6. The van der Waals surface area contributed by atoms with Gasteiger partial charge >= 0.3 is 6.18 Å². The Morgan fingerprint density at radius 1 is 0.364 bits per heavy atom. The smallest absolute Gasteiger partial charge is 0.308 e. The van der Waals surface area contributed by atoms with Crippen molar-refractivity contribution in [1.82, 2.24) is 14.5 Å². The van der Waals surface area contributed by atoms with Gasteiger partial charge in [-0.2, -0.15) is 13.2 Å². The van der Waals surface area contributed by atoms with Gasteiger partial charge in [0.2, 0.25) is 0 Å². The molecule has 316 valence electrons. The van der Waals surface area contributed by atoms with E-state index in [1.807, 2.05) is 103 Å². The highest BCUT2D eigenvalue weighted by Gasteiger charge is 2.31. The predicted molar refractivity (Wildman–Crippen MR) is 264 cm³/mol. The second-order valence-electron chi connectivity index (χ2n) is 16.6. The Hall–Kier alpha value is -8.35. The summed E-state index contributed by atoms with van der Waals surface area (Å²) in [6.07, 6.45) is -4.50. The highest BCUT2D eigenvalue weighted by atomic mass is 19.4. The molecule has 0 aliphatic carbocycles. The van der Waals surface area contributed by atoms with E-state index in [9.17, 15) is 13.2 Å². The first kappa shape index (κ1) is 40.4. The number of rotatable bonds is 8. The molecule has 11 rings (SSSR count). The Morgan fingerprint density at radius 2 is 0.773 bits per heavy atom. The van der Waals surface area contributed by atoms with Gasteiger partial charge in [0.1, 0.15) is 0 Å². The van der Waals surface area contributed by atoms with E-state index < -0.39 is 11.7 Å². The SMILES string of the molecule is Cc1ccc(-c2cc(-c3cc(-c4ccccc4)nc(-c4ccccc4)n3)cc(-c3ccc(C(F)(F)F)cc3)c2-n2c3ccc(-c4ccccc4)cc3c3cc(-c4ccccc4)ccc32)cc1. The molecular formula is C60H40F3N3. The fourth-order valence-electron chi connectivity index (χ4n) is 8.99. The summed E-state index contributed by atoms with van der Waals surface area (Å²) in [6, 6.07) is 74.0. The van der Waals surface area contributed by atoms with Gasteiger partial charge in [0.25, 0.3) is 0 Å². The van der Waals surface area contributed by atoms with E-state index in [4.69, 9.17) is 9.97 Å². The monoisotopic (exact) mass is 859 g/mol. The number of fused-ring (bicyclic) bond motifs is 3.